The Bertz CT molecular complexity index is 1100. The van der Waals surface area contributed by atoms with Gasteiger partial charge >= 0.3 is 6.18 Å². The molecule has 1 fully saturated rings. The van der Waals surface area contributed by atoms with Gasteiger partial charge in [-0.3, -0.25) is 9.78 Å². The normalized spacial score (nSPS) is 17.0. The Kier molecular flexibility index (Phi) is 6.03. The van der Waals surface area contributed by atoms with Gasteiger partial charge < -0.3 is 10.1 Å². The Morgan fingerprint density at radius 1 is 1.29 bits per heavy atom. The van der Waals surface area contributed by atoms with E-state index in [-0.39, 0.29) is 29.7 Å². The molecule has 31 heavy (non-hydrogen) atoms. The van der Waals surface area contributed by atoms with Gasteiger partial charge in [0.15, 0.2) is 17.3 Å². The number of hydrogen-bond acceptors (Lipinski definition) is 6. The van der Waals surface area contributed by atoms with Crippen LogP contribution in [0.4, 0.5) is 13.2 Å². The van der Waals surface area contributed by atoms with Crippen LogP contribution in [-0.2, 0) is 17.3 Å². The number of carbonyl (C=O) groups is 1. The fourth-order valence-electron chi connectivity index (χ4n) is 3.16. The molecular weight excluding hydrogens is 435 g/mol. The fraction of sp³-hybridized carbons (Fsp3) is 0.300. The minimum absolute atomic E-state index is 0.0167. The molecule has 1 aliphatic rings. The Morgan fingerprint density at radius 3 is 2.84 bits per heavy atom. The summed E-state index contributed by atoms with van der Waals surface area (Å²) in [4.78, 5) is 19.7. The van der Waals surface area contributed by atoms with E-state index in [1.54, 1.807) is 12.1 Å². The van der Waals surface area contributed by atoms with Crippen LogP contribution in [0, 0.1) is 0 Å². The number of Topliss-reactive ketones (excluding diaryl/α,β-unsaturated/α-hetero) is 1. The maximum absolute atomic E-state index is 12.8. The molecule has 4 rings (SSSR count). The summed E-state index contributed by atoms with van der Waals surface area (Å²) in [7, 11) is 0. The van der Waals surface area contributed by atoms with Crippen LogP contribution in [0.15, 0.2) is 43.0 Å². The summed E-state index contributed by atoms with van der Waals surface area (Å²) in [5.74, 6) is -0.422. The van der Waals surface area contributed by atoms with Gasteiger partial charge in [0, 0.05) is 30.7 Å². The van der Waals surface area contributed by atoms with E-state index in [4.69, 9.17) is 16.3 Å². The first-order valence-electron chi connectivity index (χ1n) is 9.39. The van der Waals surface area contributed by atoms with Crippen molar-refractivity contribution in [1.82, 2.24) is 25.1 Å². The fourth-order valence-corrected chi connectivity index (χ4v) is 3.41. The van der Waals surface area contributed by atoms with Crippen LogP contribution >= 0.6 is 11.6 Å². The number of halogens is 4. The van der Waals surface area contributed by atoms with Gasteiger partial charge in [-0.15, -0.1) is 0 Å². The first-order chi connectivity index (χ1) is 14.8. The summed E-state index contributed by atoms with van der Waals surface area (Å²) >= 11 is 6.37. The molecule has 0 amide bonds. The van der Waals surface area contributed by atoms with Crippen molar-refractivity contribution < 1.29 is 22.7 Å². The van der Waals surface area contributed by atoms with Crippen molar-refractivity contribution in [3.63, 3.8) is 0 Å². The van der Waals surface area contributed by atoms with E-state index in [0.717, 1.165) is 23.0 Å². The summed E-state index contributed by atoms with van der Waals surface area (Å²) in [5, 5.41) is 7.63. The second-order valence-corrected chi connectivity index (χ2v) is 7.36. The molecule has 0 radical (unpaired) electrons. The zero-order valence-corrected chi connectivity index (χ0v) is 16.8. The quantitative estimate of drug-likeness (QED) is 0.599. The summed E-state index contributed by atoms with van der Waals surface area (Å²) in [6, 6.07) is 5.42. The highest BCUT2D eigenvalue weighted by molar-refractivity contribution is 6.31. The standard InChI is InChI=1S/C20H17ClF3N5O2/c21-15-5-13(17-8-25-3-4-31-17)2-1-12(15)6-16(30)14-7-27-29(11-14)19-10-26-9-18(28-19)20(22,23)24/h1-2,5,7,9-11,17,25H,3-4,6,8H2/t17-/m1/s1. The number of benzene rings is 1. The van der Waals surface area contributed by atoms with Crippen LogP contribution in [0.2, 0.25) is 5.02 Å². The van der Waals surface area contributed by atoms with Crippen molar-refractivity contribution in [2.75, 3.05) is 19.7 Å². The third-order valence-corrected chi connectivity index (χ3v) is 5.13. The van der Waals surface area contributed by atoms with E-state index in [2.05, 4.69) is 20.4 Å². The monoisotopic (exact) mass is 451 g/mol. The second-order valence-electron chi connectivity index (χ2n) is 6.95. The molecule has 11 heteroatoms. The number of aromatic nitrogens is 4. The molecule has 0 spiro atoms. The molecule has 0 unspecified atom stereocenters. The van der Waals surface area contributed by atoms with Gasteiger partial charge in [0.2, 0.25) is 0 Å². The van der Waals surface area contributed by atoms with E-state index in [1.165, 1.54) is 12.4 Å². The van der Waals surface area contributed by atoms with Crippen molar-refractivity contribution in [2.24, 2.45) is 0 Å². The predicted molar refractivity (Wildman–Crippen MR) is 105 cm³/mol. The van der Waals surface area contributed by atoms with Gasteiger partial charge in [-0.2, -0.15) is 18.3 Å². The van der Waals surface area contributed by atoms with Crippen molar-refractivity contribution >= 4 is 17.4 Å². The lowest BCUT2D eigenvalue weighted by atomic mass is 10.0. The van der Waals surface area contributed by atoms with Crippen molar-refractivity contribution in [1.29, 1.82) is 0 Å². The van der Waals surface area contributed by atoms with Crippen molar-refractivity contribution in [3.8, 4) is 5.82 Å². The topological polar surface area (TPSA) is 81.9 Å². The number of ether oxygens (including phenoxy) is 1. The lowest BCUT2D eigenvalue weighted by molar-refractivity contribution is -0.141. The van der Waals surface area contributed by atoms with E-state index >= 15 is 0 Å². The van der Waals surface area contributed by atoms with E-state index < -0.39 is 11.9 Å². The smallest absolute Gasteiger partial charge is 0.371 e. The minimum atomic E-state index is -4.63. The number of hydrogen-bond donors (Lipinski definition) is 1. The molecule has 1 atom stereocenters. The molecule has 1 N–H and O–H groups in total. The number of nitrogens with zero attached hydrogens (tertiary/aromatic N) is 4. The number of ketones is 1. The number of morpholine rings is 1. The number of carbonyl (C=O) groups excluding carboxylic acids is 1. The predicted octanol–water partition coefficient (Wildman–Crippen LogP) is 3.42. The van der Waals surface area contributed by atoms with Crippen LogP contribution in [0.25, 0.3) is 5.82 Å². The van der Waals surface area contributed by atoms with Gasteiger partial charge in [-0.1, -0.05) is 23.7 Å². The molecule has 1 saturated heterocycles. The molecule has 2 aromatic heterocycles. The third kappa shape index (κ3) is 4.92. The molecule has 7 nitrogen and oxygen atoms in total. The summed E-state index contributed by atoms with van der Waals surface area (Å²) in [6.45, 7) is 2.10. The Morgan fingerprint density at radius 2 is 2.13 bits per heavy atom. The van der Waals surface area contributed by atoms with Crippen LogP contribution in [0.1, 0.15) is 33.3 Å². The average Bonchev–Trinajstić information content (AvgIpc) is 3.26. The lowest BCUT2D eigenvalue weighted by Crippen LogP contribution is -2.33. The van der Waals surface area contributed by atoms with Gasteiger partial charge in [0.05, 0.1) is 36.9 Å². The Balaban J connectivity index is 1.48. The minimum Gasteiger partial charge on any atom is -0.371 e. The highest BCUT2D eigenvalue weighted by Crippen LogP contribution is 2.28. The first kappa shape index (κ1) is 21.4. The molecule has 1 aromatic carbocycles. The zero-order chi connectivity index (χ0) is 22.0. The van der Waals surface area contributed by atoms with Crippen LogP contribution in [0.5, 0.6) is 0 Å². The third-order valence-electron chi connectivity index (χ3n) is 4.78. The van der Waals surface area contributed by atoms with Crippen LogP contribution in [-0.4, -0.2) is 45.2 Å². The molecule has 3 heterocycles. The number of rotatable bonds is 5. The number of alkyl halides is 3. The van der Waals surface area contributed by atoms with Crippen LogP contribution in [0.3, 0.4) is 0 Å². The van der Waals surface area contributed by atoms with Gasteiger partial charge in [0.25, 0.3) is 0 Å². The Hall–Kier alpha value is -2.82. The first-order valence-corrected chi connectivity index (χ1v) is 9.77. The molecule has 162 valence electrons. The SMILES string of the molecule is O=C(Cc1ccc([C@H]2CNCCO2)cc1Cl)c1cnn(-c2cncc(C(F)(F)F)n2)c1. The molecular formula is C20H17ClF3N5O2. The highest BCUT2D eigenvalue weighted by Gasteiger charge is 2.33. The van der Waals surface area contributed by atoms with Gasteiger partial charge in [0.1, 0.15) is 0 Å². The van der Waals surface area contributed by atoms with Crippen molar-refractivity contribution in [3.05, 3.63) is 70.4 Å². The molecule has 0 saturated carbocycles. The number of nitrogens with one attached hydrogen (secondary N) is 1. The summed E-state index contributed by atoms with van der Waals surface area (Å²) in [6.07, 6.45) is -0.361. The van der Waals surface area contributed by atoms with E-state index in [0.29, 0.717) is 29.9 Å². The molecule has 0 bridgehead atoms. The lowest BCUT2D eigenvalue weighted by Gasteiger charge is -2.24. The Labute approximate surface area is 180 Å². The zero-order valence-electron chi connectivity index (χ0n) is 16.1. The average molecular weight is 452 g/mol. The largest absolute Gasteiger partial charge is 0.434 e. The highest BCUT2D eigenvalue weighted by atomic mass is 35.5. The second kappa shape index (κ2) is 8.74. The summed E-state index contributed by atoms with van der Waals surface area (Å²) < 4.78 is 45.3. The molecule has 0 aliphatic carbocycles. The maximum atomic E-state index is 12.8. The van der Waals surface area contributed by atoms with E-state index in [9.17, 15) is 18.0 Å². The van der Waals surface area contributed by atoms with Gasteiger partial charge in [-0.25, -0.2) is 9.67 Å². The molecule has 3 aromatic rings. The maximum Gasteiger partial charge on any atom is 0.434 e. The summed E-state index contributed by atoms with van der Waals surface area (Å²) in [5.41, 5.74) is 0.631. The van der Waals surface area contributed by atoms with Crippen molar-refractivity contribution in [2.45, 2.75) is 18.7 Å². The van der Waals surface area contributed by atoms with E-state index in [1.807, 2.05) is 6.07 Å². The van der Waals surface area contributed by atoms with Crippen LogP contribution < -0.4 is 5.32 Å². The molecule has 1 aliphatic heterocycles. The van der Waals surface area contributed by atoms with Gasteiger partial charge in [-0.05, 0) is 17.2 Å².